The molecule has 33 heavy (non-hydrogen) atoms. The summed E-state index contributed by atoms with van der Waals surface area (Å²) < 4.78 is 30.4. The fourth-order valence-electron chi connectivity index (χ4n) is 3.41. The number of sulfonamides is 1. The molecule has 0 aliphatic rings. The minimum atomic E-state index is -3.34. The summed E-state index contributed by atoms with van der Waals surface area (Å²) in [5.74, 6) is 1.40. The Morgan fingerprint density at radius 2 is 1.70 bits per heavy atom. The van der Waals surface area contributed by atoms with Crippen LogP contribution in [0.3, 0.4) is 0 Å². The number of nitrogens with one attached hydrogen (secondary N) is 2. The molecule has 0 spiro atoms. The number of aromatic nitrogens is 1. The van der Waals surface area contributed by atoms with Gasteiger partial charge in [-0.15, -0.1) is 11.6 Å². The molecule has 6 nitrogen and oxygen atoms in total. The number of alkyl halides is 1. The second-order valence-electron chi connectivity index (χ2n) is 8.26. The first-order chi connectivity index (χ1) is 15.5. The lowest BCUT2D eigenvalue weighted by Gasteiger charge is -2.27. The standard InChI is InChI=1S/C23H26Cl3N3O3S/c1-23(2,16-11-19(25)18(5-4-10-24)20(26)12-16)15-6-8-17(9-7-15)29-22-21(32-14-27-22)13-28-33(3,30)31/h6-9,11-12,14,28-29H,4-5,10,13H2,1-3H3. The van der Waals surface area contributed by atoms with Gasteiger partial charge in [-0.3, -0.25) is 0 Å². The number of nitrogens with zero attached hydrogens (tertiary/aromatic N) is 1. The molecule has 0 unspecified atom stereocenters. The molecule has 0 saturated heterocycles. The van der Waals surface area contributed by atoms with Gasteiger partial charge in [-0.25, -0.2) is 13.1 Å². The highest BCUT2D eigenvalue weighted by atomic mass is 35.5. The Balaban J connectivity index is 1.78. The van der Waals surface area contributed by atoms with Gasteiger partial charge in [0.1, 0.15) is 0 Å². The Kier molecular flexibility index (Phi) is 8.35. The van der Waals surface area contributed by atoms with Crippen molar-refractivity contribution in [2.24, 2.45) is 0 Å². The summed E-state index contributed by atoms with van der Waals surface area (Å²) in [6.45, 7) is 4.24. The Morgan fingerprint density at radius 3 is 2.27 bits per heavy atom. The number of hydrogen-bond acceptors (Lipinski definition) is 5. The highest BCUT2D eigenvalue weighted by Crippen LogP contribution is 2.37. The Hall–Kier alpha value is -1.77. The monoisotopic (exact) mass is 529 g/mol. The van der Waals surface area contributed by atoms with Crippen molar-refractivity contribution in [2.75, 3.05) is 17.5 Å². The molecule has 0 amide bonds. The molecule has 2 N–H and O–H groups in total. The Labute approximate surface area is 209 Å². The van der Waals surface area contributed by atoms with Crippen molar-refractivity contribution >= 4 is 56.3 Å². The van der Waals surface area contributed by atoms with Crippen molar-refractivity contribution in [3.63, 3.8) is 0 Å². The van der Waals surface area contributed by atoms with Gasteiger partial charge in [-0.2, -0.15) is 4.98 Å². The van der Waals surface area contributed by atoms with Gasteiger partial charge in [0, 0.05) is 27.0 Å². The largest absolute Gasteiger partial charge is 0.445 e. The van der Waals surface area contributed by atoms with Gasteiger partial charge in [0.15, 0.2) is 18.0 Å². The van der Waals surface area contributed by atoms with Gasteiger partial charge in [0.25, 0.3) is 0 Å². The van der Waals surface area contributed by atoms with E-state index in [1.165, 1.54) is 6.39 Å². The third-order valence-electron chi connectivity index (χ3n) is 5.43. The molecule has 2 aromatic carbocycles. The van der Waals surface area contributed by atoms with E-state index in [0.717, 1.165) is 41.5 Å². The van der Waals surface area contributed by atoms with Crippen molar-refractivity contribution in [3.8, 4) is 0 Å². The number of hydrogen-bond donors (Lipinski definition) is 2. The molecule has 3 aromatic rings. The fourth-order valence-corrected chi connectivity index (χ4v) is 4.62. The van der Waals surface area contributed by atoms with Crippen LogP contribution in [-0.4, -0.2) is 25.5 Å². The molecule has 0 aliphatic heterocycles. The number of anilines is 2. The summed E-state index contributed by atoms with van der Waals surface area (Å²) in [6.07, 6.45) is 3.91. The van der Waals surface area contributed by atoms with Crippen LogP contribution in [0.1, 0.15) is 42.7 Å². The molecule has 0 saturated carbocycles. The van der Waals surface area contributed by atoms with E-state index in [0.29, 0.717) is 27.5 Å². The summed E-state index contributed by atoms with van der Waals surface area (Å²) in [7, 11) is -3.34. The molecule has 0 bridgehead atoms. The minimum absolute atomic E-state index is 0.00862. The zero-order valence-corrected chi connectivity index (χ0v) is 21.7. The molecule has 0 radical (unpaired) electrons. The lowest BCUT2D eigenvalue weighted by Crippen LogP contribution is -2.21. The SMILES string of the molecule is CC(C)(c1ccc(Nc2ncoc2CNS(C)(=O)=O)cc1)c1cc(Cl)c(CCCCl)c(Cl)c1. The predicted octanol–water partition coefficient (Wildman–Crippen LogP) is 6.27. The first-order valence-corrected chi connectivity index (χ1v) is 13.5. The zero-order chi connectivity index (χ0) is 24.2. The van der Waals surface area contributed by atoms with E-state index in [4.69, 9.17) is 39.2 Å². The first kappa shape index (κ1) is 25.8. The van der Waals surface area contributed by atoms with Gasteiger partial charge in [0.2, 0.25) is 10.0 Å². The molecule has 178 valence electrons. The van der Waals surface area contributed by atoms with Crippen LogP contribution in [0.4, 0.5) is 11.5 Å². The highest BCUT2D eigenvalue weighted by Gasteiger charge is 2.25. The number of oxazole rings is 1. The average molecular weight is 531 g/mol. The topological polar surface area (TPSA) is 84.2 Å². The van der Waals surface area contributed by atoms with Crippen LogP contribution >= 0.6 is 34.8 Å². The third kappa shape index (κ3) is 6.64. The Morgan fingerprint density at radius 1 is 1.06 bits per heavy atom. The van der Waals surface area contributed by atoms with Crippen molar-refractivity contribution in [1.29, 1.82) is 0 Å². The van der Waals surface area contributed by atoms with Crippen LogP contribution in [0, 0.1) is 0 Å². The molecule has 1 aromatic heterocycles. The van der Waals surface area contributed by atoms with Crippen LogP contribution in [0.2, 0.25) is 10.0 Å². The predicted molar refractivity (Wildman–Crippen MR) is 136 cm³/mol. The summed E-state index contributed by atoms with van der Waals surface area (Å²) in [6, 6.07) is 11.8. The maximum atomic E-state index is 11.3. The second kappa shape index (κ2) is 10.7. The average Bonchev–Trinajstić information content (AvgIpc) is 3.18. The number of halogens is 3. The van der Waals surface area contributed by atoms with E-state index in [1.54, 1.807) is 0 Å². The summed E-state index contributed by atoms with van der Waals surface area (Å²) in [5.41, 5.74) is 3.46. The van der Waals surface area contributed by atoms with E-state index in [-0.39, 0.29) is 12.0 Å². The van der Waals surface area contributed by atoms with Crippen LogP contribution in [0.5, 0.6) is 0 Å². The molecule has 1 heterocycles. The van der Waals surface area contributed by atoms with Gasteiger partial charge in [-0.05, 0) is 53.8 Å². The maximum absolute atomic E-state index is 11.3. The van der Waals surface area contributed by atoms with Crippen LogP contribution in [0.25, 0.3) is 0 Å². The number of benzene rings is 2. The smallest absolute Gasteiger partial charge is 0.209 e. The van der Waals surface area contributed by atoms with Crippen LogP contribution in [-0.2, 0) is 28.4 Å². The highest BCUT2D eigenvalue weighted by molar-refractivity contribution is 7.88. The van der Waals surface area contributed by atoms with Gasteiger partial charge >= 0.3 is 0 Å². The normalized spacial score (nSPS) is 12.2. The quantitative estimate of drug-likeness (QED) is 0.302. The van der Waals surface area contributed by atoms with Crippen molar-refractivity contribution in [3.05, 3.63) is 75.3 Å². The van der Waals surface area contributed by atoms with Gasteiger partial charge in [-0.1, -0.05) is 49.2 Å². The zero-order valence-electron chi connectivity index (χ0n) is 18.6. The van der Waals surface area contributed by atoms with Crippen molar-refractivity contribution in [1.82, 2.24) is 9.71 Å². The first-order valence-electron chi connectivity index (χ1n) is 10.3. The van der Waals surface area contributed by atoms with Gasteiger partial charge < -0.3 is 9.73 Å². The molecule has 10 heteroatoms. The molecule has 0 aliphatic carbocycles. The fraction of sp³-hybridized carbons (Fsp3) is 0.348. The van der Waals surface area contributed by atoms with Gasteiger partial charge in [0.05, 0.1) is 12.8 Å². The van der Waals surface area contributed by atoms with E-state index >= 15 is 0 Å². The third-order valence-corrected chi connectivity index (χ3v) is 7.04. The minimum Gasteiger partial charge on any atom is -0.445 e. The molecular formula is C23H26Cl3N3O3S. The summed E-state index contributed by atoms with van der Waals surface area (Å²) in [5, 5.41) is 4.46. The summed E-state index contributed by atoms with van der Waals surface area (Å²) >= 11 is 18.9. The van der Waals surface area contributed by atoms with E-state index in [2.05, 4.69) is 28.9 Å². The van der Waals surface area contributed by atoms with E-state index in [9.17, 15) is 8.42 Å². The Bertz CT molecular complexity index is 1190. The molecular weight excluding hydrogens is 505 g/mol. The molecule has 0 atom stereocenters. The van der Waals surface area contributed by atoms with Crippen LogP contribution < -0.4 is 10.0 Å². The van der Waals surface area contributed by atoms with E-state index in [1.807, 2.05) is 36.4 Å². The summed E-state index contributed by atoms with van der Waals surface area (Å²) in [4.78, 5) is 4.13. The lowest BCUT2D eigenvalue weighted by molar-refractivity contribution is 0.495. The molecule has 3 rings (SSSR count). The van der Waals surface area contributed by atoms with Crippen molar-refractivity contribution in [2.45, 2.75) is 38.6 Å². The van der Waals surface area contributed by atoms with Crippen LogP contribution in [0.15, 0.2) is 47.2 Å². The van der Waals surface area contributed by atoms with Crippen molar-refractivity contribution < 1.29 is 12.8 Å². The molecule has 0 fully saturated rings. The maximum Gasteiger partial charge on any atom is 0.209 e. The lowest BCUT2D eigenvalue weighted by atomic mass is 9.78. The number of rotatable bonds is 10. The second-order valence-corrected chi connectivity index (χ2v) is 11.3. The van der Waals surface area contributed by atoms with E-state index < -0.39 is 10.0 Å².